The van der Waals surface area contributed by atoms with E-state index >= 15 is 0 Å². The zero-order valence-corrected chi connectivity index (χ0v) is 30.3. The molecule has 13 heteroatoms. The van der Waals surface area contributed by atoms with Crippen LogP contribution in [0, 0.1) is 3.57 Å². The number of carbonyl (C=O) groups is 2. The summed E-state index contributed by atoms with van der Waals surface area (Å²) in [4.78, 5) is 44.4. The van der Waals surface area contributed by atoms with Gasteiger partial charge in [-0.3, -0.25) is 9.36 Å². The number of hydrogen-bond donors (Lipinski definition) is 1. The van der Waals surface area contributed by atoms with Crippen molar-refractivity contribution in [3.8, 4) is 17.2 Å². The Balaban J connectivity index is 1.62. The molecule has 4 aromatic rings. The number of benzene rings is 3. The molecular formula is C35H32ClIN2O8S. The summed E-state index contributed by atoms with van der Waals surface area (Å²) in [5.74, 6) is -0.200. The largest absolute Gasteiger partial charge is 0.496 e. The van der Waals surface area contributed by atoms with Crippen LogP contribution in [-0.4, -0.2) is 42.4 Å². The van der Waals surface area contributed by atoms with E-state index in [-0.39, 0.29) is 29.9 Å². The predicted octanol–water partition coefficient (Wildman–Crippen LogP) is 6.13. The van der Waals surface area contributed by atoms with Crippen molar-refractivity contribution in [1.82, 2.24) is 4.57 Å². The zero-order chi connectivity index (χ0) is 34.5. The van der Waals surface area contributed by atoms with Gasteiger partial charge in [0.15, 0.2) is 16.3 Å². The van der Waals surface area contributed by atoms with Crippen molar-refractivity contribution in [2.75, 3.05) is 20.8 Å². The minimum Gasteiger partial charge on any atom is -0.496 e. The molecule has 1 aliphatic heterocycles. The summed E-state index contributed by atoms with van der Waals surface area (Å²) in [5, 5.41) is 9.74. The molecule has 1 atom stereocenters. The van der Waals surface area contributed by atoms with E-state index in [2.05, 4.69) is 22.6 Å². The number of methoxy groups -OCH3 is 2. The van der Waals surface area contributed by atoms with Gasteiger partial charge in [-0.05, 0) is 95.6 Å². The molecule has 0 saturated heterocycles. The summed E-state index contributed by atoms with van der Waals surface area (Å²) in [6, 6.07) is 14.3. The number of rotatable bonds is 12. The number of carboxylic acids is 1. The molecule has 48 heavy (non-hydrogen) atoms. The number of ether oxygens (including phenoxy) is 4. The number of esters is 1. The van der Waals surface area contributed by atoms with Gasteiger partial charge in [-0.25, -0.2) is 14.6 Å². The highest BCUT2D eigenvalue weighted by Crippen LogP contribution is 2.39. The Morgan fingerprint density at radius 1 is 1.08 bits per heavy atom. The first kappa shape index (κ1) is 35.2. The number of halogens is 2. The van der Waals surface area contributed by atoms with Crippen molar-refractivity contribution < 1.29 is 33.6 Å². The van der Waals surface area contributed by atoms with Crippen molar-refractivity contribution >= 4 is 63.5 Å². The van der Waals surface area contributed by atoms with Crippen LogP contribution in [0.3, 0.4) is 0 Å². The lowest BCUT2D eigenvalue weighted by molar-refractivity contribution is -0.139. The third-order valence-electron chi connectivity index (χ3n) is 7.49. The highest BCUT2D eigenvalue weighted by atomic mass is 127. The van der Waals surface area contributed by atoms with Gasteiger partial charge in [-0.15, -0.1) is 0 Å². The summed E-state index contributed by atoms with van der Waals surface area (Å²) >= 11 is 9.78. The molecular weight excluding hydrogens is 771 g/mol. The monoisotopic (exact) mass is 802 g/mol. The lowest BCUT2D eigenvalue weighted by Crippen LogP contribution is -2.40. The van der Waals surface area contributed by atoms with E-state index in [0.29, 0.717) is 66.8 Å². The van der Waals surface area contributed by atoms with Crippen LogP contribution in [0.5, 0.6) is 17.2 Å². The summed E-state index contributed by atoms with van der Waals surface area (Å²) in [6.07, 6.45) is 2.96. The van der Waals surface area contributed by atoms with Gasteiger partial charge in [0.05, 0.1) is 45.8 Å². The molecule has 0 radical (unpaired) electrons. The Bertz CT molecular complexity index is 2110. The number of carboxylic acid groups (broad SMARTS) is 1. The molecule has 250 valence electrons. The van der Waals surface area contributed by atoms with Crippen molar-refractivity contribution in [2.24, 2.45) is 4.99 Å². The predicted molar refractivity (Wildman–Crippen MR) is 191 cm³/mol. The van der Waals surface area contributed by atoms with Crippen LogP contribution in [-0.2, 0) is 16.1 Å². The fourth-order valence-electron chi connectivity index (χ4n) is 5.40. The van der Waals surface area contributed by atoms with Crippen molar-refractivity contribution in [3.63, 3.8) is 0 Å². The average Bonchev–Trinajstić information content (AvgIpc) is 3.37. The Kier molecular flexibility index (Phi) is 11.3. The molecule has 1 aromatic heterocycles. The fourth-order valence-corrected chi connectivity index (χ4v) is 7.38. The molecule has 0 amide bonds. The van der Waals surface area contributed by atoms with Crippen LogP contribution in [0.4, 0.5) is 0 Å². The molecule has 1 aliphatic rings. The highest BCUT2D eigenvalue weighted by molar-refractivity contribution is 14.1. The number of fused-ring (bicyclic) bond motifs is 1. The Morgan fingerprint density at radius 2 is 1.85 bits per heavy atom. The molecule has 0 fully saturated rings. The van der Waals surface area contributed by atoms with Gasteiger partial charge < -0.3 is 24.1 Å². The fraction of sp³-hybridized carbons (Fsp3) is 0.257. The van der Waals surface area contributed by atoms with E-state index < -0.39 is 18.0 Å². The minimum atomic E-state index is -1.02. The maximum atomic E-state index is 14.3. The topological polar surface area (TPSA) is 126 Å². The molecule has 0 aliphatic carbocycles. The van der Waals surface area contributed by atoms with Gasteiger partial charge in [0.2, 0.25) is 0 Å². The first-order chi connectivity index (χ1) is 23.1. The Labute approximate surface area is 299 Å². The van der Waals surface area contributed by atoms with Crippen molar-refractivity contribution in [1.29, 1.82) is 0 Å². The second-order valence-electron chi connectivity index (χ2n) is 10.6. The number of aromatic carboxylic acids is 1. The molecule has 0 unspecified atom stereocenters. The maximum absolute atomic E-state index is 14.3. The minimum absolute atomic E-state index is 0.126. The van der Waals surface area contributed by atoms with E-state index in [1.54, 1.807) is 55.5 Å². The second-order valence-corrected chi connectivity index (χ2v) is 13.2. The molecule has 1 N–H and O–H groups in total. The third-order valence-corrected chi connectivity index (χ3v) is 9.50. The number of hydrogen-bond acceptors (Lipinski definition) is 9. The molecule has 0 saturated carbocycles. The number of nitrogens with zero attached hydrogens (tertiary/aromatic N) is 2. The van der Waals surface area contributed by atoms with Gasteiger partial charge in [-0.2, -0.15) is 0 Å². The van der Waals surface area contributed by atoms with Gasteiger partial charge >= 0.3 is 11.9 Å². The normalized spacial score (nSPS) is 14.3. The third kappa shape index (κ3) is 7.30. The average molecular weight is 803 g/mol. The second kappa shape index (κ2) is 15.4. The molecule has 5 rings (SSSR count). The van der Waals surface area contributed by atoms with E-state index in [1.807, 2.05) is 13.0 Å². The molecule has 2 heterocycles. The van der Waals surface area contributed by atoms with E-state index in [9.17, 15) is 19.5 Å². The lowest BCUT2D eigenvalue weighted by Gasteiger charge is -2.27. The first-order valence-electron chi connectivity index (χ1n) is 15.0. The van der Waals surface area contributed by atoms with Gasteiger partial charge in [-0.1, -0.05) is 48.4 Å². The van der Waals surface area contributed by atoms with Crippen LogP contribution in [0.1, 0.15) is 59.8 Å². The summed E-state index contributed by atoms with van der Waals surface area (Å²) < 4.78 is 25.5. The Hall–Kier alpha value is -4.14. The summed E-state index contributed by atoms with van der Waals surface area (Å²) in [5.41, 5.74) is 2.53. The van der Waals surface area contributed by atoms with Crippen LogP contribution >= 0.6 is 45.5 Å². The van der Waals surface area contributed by atoms with Crippen LogP contribution < -0.4 is 29.1 Å². The molecule has 3 aromatic carbocycles. The highest BCUT2D eigenvalue weighted by Gasteiger charge is 2.36. The van der Waals surface area contributed by atoms with Crippen molar-refractivity contribution in [2.45, 2.75) is 39.3 Å². The van der Waals surface area contributed by atoms with Crippen LogP contribution in [0.15, 0.2) is 75.7 Å². The summed E-state index contributed by atoms with van der Waals surface area (Å²) in [7, 11) is 3.04. The van der Waals surface area contributed by atoms with Gasteiger partial charge in [0.25, 0.3) is 5.56 Å². The molecule has 0 bridgehead atoms. The number of thiazole rings is 1. The lowest BCUT2D eigenvalue weighted by atomic mass is 9.93. The van der Waals surface area contributed by atoms with Gasteiger partial charge in [0.1, 0.15) is 18.4 Å². The van der Waals surface area contributed by atoms with E-state index in [1.165, 1.54) is 36.2 Å². The smallest absolute Gasteiger partial charge is 0.338 e. The van der Waals surface area contributed by atoms with Crippen LogP contribution in [0.2, 0.25) is 5.02 Å². The van der Waals surface area contributed by atoms with Crippen molar-refractivity contribution in [3.05, 3.63) is 116 Å². The first-order valence-corrected chi connectivity index (χ1v) is 17.2. The van der Waals surface area contributed by atoms with E-state index in [4.69, 9.17) is 35.5 Å². The van der Waals surface area contributed by atoms with E-state index in [0.717, 1.165) is 3.57 Å². The Morgan fingerprint density at radius 3 is 2.54 bits per heavy atom. The maximum Gasteiger partial charge on any atom is 0.338 e. The van der Waals surface area contributed by atoms with Gasteiger partial charge in [0, 0.05) is 10.6 Å². The zero-order valence-electron chi connectivity index (χ0n) is 26.5. The number of allylic oxidation sites excluding steroid dienone is 1. The van der Waals surface area contributed by atoms with Crippen LogP contribution in [0.25, 0.3) is 6.08 Å². The number of carbonyl (C=O) groups excluding carboxylic acids is 1. The quantitative estimate of drug-likeness (QED) is 0.134. The summed E-state index contributed by atoms with van der Waals surface area (Å²) in [6.45, 7) is 4.00. The molecule has 0 spiro atoms. The number of aromatic nitrogens is 1. The molecule has 10 nitrogen and oxygen atoms in total. The SMILES string of the molecule is CCCC1=C(C(=O)OCC)[C@H](c2cc(Cl)ccc2OC)n2c(s/c(=C/c3cc(I)c(OCc4cccc(C(=O)O)c4)c(OC)c3)c2=O)=N1. The standard InChI is InChI=1S/C35H32ClIN2O8S/c1-5-8-25-29(34(43)46-6-2)30(23-17-22(36)11-12-26(23)44-3)39-32(40)28(48-35(39)38-25)16-20-14-24(37)31(27(15-20)45-4)47-18-19-9-7-10-21(13-19)33(41)42/h7,9-17,30H,5-6,8,18H2,1-4H3,(H,41,42)/b28-16+/t30-/m0/s1.